The number of nitrogens with zero attached hydrogens (tertiary/aromatic N) is 4. The molecule has 0 N–H and O–H groups in total. The van der Waals surface area contributed by atoms with E-state index in [1.807, 2.05) is 0 Å². The van der Waals surface area contributed by atoms with Crippen molar-refractivity contribution >= 4 is 0 Å². The van der Waals surface area contributed by atoms with E-state index in [2.05, 4.69) is 15.1 Å². The van der Waals surface area contributed by atoms with E-state index in [4.69, 9.17) is 4.74 Å². The molecule has 0 bridgehead atoms. The molecule has 2 heterocycles. The van der Waals surface area contributed by atoms with E-state index < -0.39 is 35.4 Å². The normalized spacial score (nSPS) is 12.3. The maximum atomic E-state index is 13.8. The Kier molecular flexibility index (Phi) is 4.73. The minimum Gasteiger partial charge on any atom is -0.421 e. The van der Waals surface area contributed by atoms with Crippen LogP contribution >= 0.6 is 0 Å². The van der Waals surface area contributed by atoms with Gasteiger partial charge in [0.1, 0.15) is 0 Å². The number of aryl methyl sites for hydroxylation is 1. The van der Waals surface area contributed by atoms with Crippen molar-refractivity contribution in [2.24, 2.45) is 7.05 Å². The standard InChI is InChI=1S/C16H9F7N4O/c1-27-13(6-10(26-27)16(21,22)23)28-12-7-11(17)24-14(25-12)8-2-4-9(5-3-8)15(18,19)20/h2-7H,1H3. The first-order valence-corrected chi connectivity index (χ1v) is 7.45. The van der Waals surface area contributed by atoms with Crippen molar-refractivity contribution in [3.8, 4) is 23.1 Å². The SMILES string of the molecule is Cn1nc(C(F)(F)F)cc1Oc1cc(F)nc(-c2ccc(C(F)(F)F)cc2)n1. The molecule has 3 rings (SSSR count). The van der Waals surface area contributed by atoms with Gasteiger partial charge in [0.15, 0.2) is 11.5 Å². The molecule has 12 heteroatoms. The maximum Gasteiger partial charge on any atom is 0.435 e. The topological polar surface area (TPSA) is 52.8 Å². The number of aromatic nitrogens is 4. The van der Waals surface area contributed by atoms with Gasteiger partial charge in [0.05, 0.1) is 11.6 Å². The molecule has 0 spiro atoms. The first-order chi connectivity index (χ1) is 12.9. The van der Waals surface area contributed by atoms with Crippen LogP contribution < -0.4 is 4.74 Å². The quantitative estimate of drug-likeness (QED) is 0.461. The molecule has 0 radical (unpaired) electrons. The van der Waals surface area contributed by atoms with Crippen LogP contribution in [0.2, 0.25) is 0 Å². The molecule has 0 aliphatic rings. The monoisotopic (exact) mass is 406 g/mol. The molecule has 28 heavy (non-hydrogen) atoms. The third-order valence-corrected chi connectivity index (χ3v) is 3.48. The number of rotatable bonds is 3. The van der Waals surface area contributed by atoms with Gasteiger partial charge in [-0.15, -0.1) is 0 Å². The van der Waals surface area contributed by atoms with Gasteiger partial charge < -0.3 is 4.74 Å². The fraction of sp³-hybridized carbons (Fsp3) is 0.188. The summed E-state index contributed by atoms with van der Waals surface area (Å²) in [7, 11) is 1.18. The van der Waals surface area contributed by atoms with E-state index in [0.717, 1.165) is 28.9 Å². The van der Waals surface area contributed by atoms with E-state index in [1.165, 1.54) is 7.05 Å². The van der Waals surface area contributed by atoms with Gasteiger partial charge in [-0.3, -0.25) is 0 Å². The molecule has 0 saturated carbocycles. The highest BCUT2D eigenvalue weighted by Crippen LogP contribution is 2.33. The molecular formula is C16H9F7N4O. The van der Waals surface area contributed by atoms with E-state index in [9.17, 15) is 30.7 Å². The molecule has 5 nitrogen and oxygen atoms in total. The zero-order valence-electron chi connectivity index (χ0n) is 13.8. The van der Waals surface area contributed by atoms with Crippen molar-refractivity contribution in [1.29, 1.82) is 0 Å². The van der Waals surface area contributed by atoms with E-state index >= 15 is 0 Å². The Morgan fingerprint density at radius 1 is 0.893 bits per heavy atom. The fourth-order valence-corrected chi connectivity index (χ4v) is 2.18. The van der Waals surface area contributed by atoms with Crippen LogP contribution in [0.1, 0.15) is 11.3 Å². The zero-order valence-corrected chi connectivity index (χ0v) is 13.8. The highest BCUT2D eigenvalue weighted by molar-refractivity contribution is 5.56. The highest BCUT2D eigenvalue weighted by atomic mass is 19.4. The van der Waals surface area contributed by atoms with Crippen LogP contribution in [0.5, 0.6) is 11.8 Å². The Morgan fingerprint density at radius 3 is 2.07 bits per heavy atom. The summed E-state index contributed by atoms with van der Waals surface area (Å²) in [6.07, 6.45) is -9.26. The summed E-state index contributed by atoms with van der Waals surface area (Å²) >= 11 is 0. The molecule has 3 aromatic rings. The van der Waals surface area contributed by atoms with Crippen LogP contribution in [0.4, 0.5) is 30.7 Å². The Morgan fingerprint density at radius 2 is 1.54 bits per heavy atom. The van der Waals surface area contributed by atoms with Crippen LogP contribution in [0.15, 0.2) is 36.4 Å². The largest absolute Gasteiger partial charge is 0.435 e. The average Bonchev–Trinajstić information content (AvgIpc) is 2.95. The van der Waals surface area contributed by atoms with Gasteiger partial charge in [-0.2, -0.15) is 45.8 Å². The Labute approximate surface area is 152 Å². The Balaban J connectivity index is 1.91. The summed E-state index contributed by atoms with van der Waals surface area (Å²) in [5, 5.41) is 3.24. The molecular weight excluding hydrogens is 397 g/mol. The lowest BCUT2D eigenvalue weighted by Crippen LogP contribution is -2.06. The number of halogens is 7. The fourth-order valence-electron chi connectivity index (χ4n) is 2.18. The number of ether oxygens (including phenoxy) is 1. The summed E-state index contributed by atoms with van der Waals surface area (Å²) in [5.74, 6) is -2.21. The molecule has 0 aliphatic carbocycles. The number of hydrogen-bond donors (Lipinski definition) is 0. The van der Waals surface area contributed by atoms with E-state index in [-0.39, 0.29) is 17.3 Å². The van der Waals surface area contributed by atoms with Gasteiger partial charge >= 0.3 is 12.4 Å². The second kappa shape index (κ2) is 6.77. The second-order valence-corrected chi connectivity index (χ2v) is 5.52. The van der Waals surface area contributed by atoms with Crippen molar-refractivity contribution in [3.05, 3.63) is 53.6 Å². The molecule has 2 aromatic heterocycles. The van der Waals surface area contributed by atoms with Crippen molar-refractivity contribution < 1.29 is 35.5 Å². The van der Waals surface area contributed by atoms with Crippen molar-refractivity contribution in [2.75, 3.05) is 0 Å². The molecule has 0 amide bonds. The minimum atomic E-state index is -4.71. The lowest BCUT2D eigenvalue weighted by atomic mass is 10.1. The second-order valence-electron chi connectivity index (χ2n) is 5.52. The number of benzene rings is 1. The average molecular weight is 406 g/mol. The molecule has 0 atom stereocenters. The number of alkyl halides is 6. The smallest absolute Gasteiger partial charge is 0.421 e. The first-order valence-electron chi connectivity index (χ1n) is 7.45. The summed E-state index contributed by atoms with van der Waals surface area (Å²) in [5.41, 5.74) is -2.08. The van der Waals surface area contributed by atoms with Crippen molar-refractivity contribution in [3.63, 3.8) is 0 Å². The molecule has 0 fully saturated rings. The summed E-state index contributed by atoms with van der Waals surface area (Å²) in [4.78, 5) is 7.29. The molecule has 1 aromatic carbocycles. The highest BCUT2D eigenvalue weighted by Gasteiger charge is 2.35. The van der Waals surface area contributed by atoms with E-state index in [0.29, 0.717) is 12.1 Å². The van der Waals surface area contributed by atoms with Gasteiger partial charge in [-0.1, -0.05) is 12.1 Å². The molecule has 148 valence electrons. The van der Waals surface area contributed by atoms with E-state index in [1.54, 1.807) is 0 Å². The van der Waals surface area contributed by atoms with Gasteiger partial charge in [-0.25, -0.2) is 4.68 Å². The van der Waals surface area contributed by atoms with Gasteiger partial charge in [0.2, 0.25) is 17.7 Å². The number of hydrogen-bond acceptors (Lipinski definition) is 4. The van der Waals surface area contributed by atoms with Crippen LogP contribution in [-0.2, 0) is 19.4 Å². The van der Waals surface area contributed by atoms with Crippen LogP contribution in [-0.4, -0.2) is 19.7 Å². The Hall–Kier alpha value is -3.18. The van der Waals surface area contributed by atoms with Crippen molar-refractivity contribution in [2.45, 2.75) is 12.4 Å². The predicted molar refractivity (Wildman–Crippen MR) is 80.7 cm³/mol. The Bertz CT molecular complexity index is 994. The van der Waals surface area contributed by atoms with Crippen LogP contribution in [0, 0.1) is 5.95 Å². The van der Waals surface area contributed by atoms with Gasteiger partial charge in [0, 0.05) is 18.7 Å². The van der Waals surface area contributed by atoms with Gasteiger partial charge in [-0.05, 0) is 12.1 Å². The van der Waals surface area contributed by atoms with Crippen LogP contribution in [0.3, 0.4) is 0 Å². The third kappa shape index (κ3) is 4.21. The summed E-state index contributed by atoms with van der Waals surface area (Å²) in [6.45, 7) is 0. The molecule has 0 saturated heterocycles. The zero-order chi connectivity index (χ0) is 20.7. The third-order valence-electron chi connectivity index (χ3n) is 3.48. The minimum absolute atomic E-state index is 0.0540. The van der Waals surface area contributed by atoms with Crippen molar-refractivity contribution in [1.82, 2.24) is 19.7 Å². The maximum absolute atomic E-state index is 13.8. The summed E-state index contributed by atoms with van der Waals surface area (Å²) in [6, 6.07) is 4.91. The lowest BCUT2D eigenvalue weighted by molar-refractivity contribution is -0.141. The van der Waals surface area contributed by atoms with Crippen LogP contribution in [0.25, 0.3) is 11.4 Å². The lowest BCUT2D eigenvalue weighted by Gasteiger charge is -2.08. The van der Waals surface area contributed by atoms with Gasteiger partial charge in [0.25, 0.3) is 0 Å². The predicted octanol–water partition coefficient (Wildman–Crippen LogP) is 4.85. The molecule has 0 aliphatic heterocycles. The first kappa shape index (κ1) is 19.6. The molecule has 0 unspecified atom stereocenters. The summed E-state index contributed by atoms with van der Waals surface area (Å²) < 4.78 is 95.6.